The first-order valence-electron chi connectivity index (χ1n) is 8.02. The summed E-state index contributed by atoms with van der Waals surface area (Å²) < 4.78 is 13.3. The minimum Gasteiger partial charge on any atom is -0.337 e. The predicted molar refractivity (Wildman–Crippen MR) is 93.2 cm³/mol. The smallest absolute Gasteiger partial charge is 0.324 e. The van der Waals surface area contributed by atoms with Crippen molar-refractivity contribution in [3.05, 3.63) is 62.8 Å². The largest absolute Gasteiger partial charge is 0.337 e. The van der Waals surface area contributed by atoms with Gasteiger partial charge < -0.3 is 4.90 Å². The van der Waals surface area contributed by atoms with Gasteiger partial charge in [0.1, 0.15) is 5.82 Å². The number of carbonyl (C=O) groups excluding carboxylic acids is 1. The summed E-state index contributed by atoms with van der Waals surface area (Å²) in [6.07, 6.45) is 0.813. The Morgan fingerprint density at radius 2 is 2.08 bits per heavy atom. The van der Waals surface area contributed by atoms with Crippen LogP contribution < -0.4 is 0 Å². The van der Waals surface area contributed by atoms with Crippen molar-refractivity contribution in [1.82, 2.24) is 9.80 Å². The van der Waals surface area contributed by atoms with Crippen LogP contribution in [0, 0.1) is 15.9 Å². The molecule has 1 aliphatic heterocycles. The minimum absolute atomic E-state index is 0.146. The zero-order valence-electron chi connectivity index (χ0n) is 13.6. The second-order valence-corrected chi connectivity index (χ2v) is 6.87. The van der Waals surface area contributed by atoms with Gasteiger partial charge in [-0.1, -0.05) is 17.4 Å². The van der Waals surface area contributed by atoms with E-state index in [0.717, 1.165) is 29.9 Å². The maximum Gasteiger partial charge on any atom is 0.324 e. The van der Waals surface area contributed by atoms with E-state index in [4.69, 9.17) is 0 Å². The van der Waals surface area contributed by atoms with Crippen LogP contribution in [0.15, 0.2) is 35.7 Å². The molecule has 3 rings (SSSR count). The van der Waals surface area contributed by atoms with Crippen LogP contribution >= 0.6 is 11.3 Å². The molecule has 2 aromatic rings. The summed E-state index contributed by atoms with van der Waals surface area (Å²) in [5, 5.41) is 12.7. The number of nitrogens with zero attached hydrogens (tertiary/aromatic N) is 3. The molecule has 1 aromatic heterocycles. The van der Waals surface area contributed by atoms with Crippen LogP contribution in [0.25, 0.3) is 0 Å². The van der Waals surface area contributed by atoms with Gasteiger partial charge in [-0.15, -0.1) is 0 Å². The van der Waals surface area contributed by atoms with Gasteiger partial charge in [0.15, 0.2) is 0 Å². The fourth-order valence-electron chi connectivity index (χ4n) is 2.94. The molecule has 0 radical (unpaired) electrons. The molecule has 6 nitrogen and oxygen atoms in total. The maximum atomic E-state index is 13.3. The molecule has 132 valence electrons. The van der Waals surface area contributed by atoms with E-state index >= 15 is 0 Å². The van der Waals surface area contributed by atoms with E-state index in [1.54, 1.807) is 22.4 Å². The molecule has 0 saturated carbocycles. The highest BCUT2D eigenvalue weighted by molar-refractivity contribution is 7.13. The minimum atomic E-state index is -0.415. The molecule has 1 saturated heterocycles. The molecule has 1 aromatic carbocycles. The molecule has 0 atom stereocenters. The van der Waals surface area contributed by atoms with Gasteiger partial charge >= 0.3 is 5.00 Å². The number of hydrogen-bond acceptors (Lipinski definition) is 5. The molecule has 0 N–H and O–H groups in total. The van der Waals surface area contributed by atoms with Crippen LogP contribution in [0.4, 0.5) is 9.39 Å². The van der Waals surface area contributed by atoms with Gasteiger partial charge in [0.25, 0.3) is 5.91 Å². The van der Waals surface area contributed by atoms with E-state index in [0.29, 0.717) is 31.7 Å². The molecule has 1 fully saturated rings. The zero-order valence-corrected chi connectivity index (χ0v) is 14.4. The quantitative estimate of drug-likeness (QED) is 0.618. The number of halogens is 1. The maximum absolute atomic E-state index is 13.3. The van der Waals surface area contributed by atoms with E-state index in [2.05, 4.69) is 4.90 Å². The first kappa shape index (κ1) is 17.5. The summed E-state index contributed by atoms with van der Waals surface area (Å²) in [6, 6.07) is 7.34. The molecular formula is C17H18FN3O3S. The van der Waals surface area contributed by atoms with Gasteiger partial charge in [-0.2, -0.15) is 0 Å². The monoisotopic (exact) mass is 363 g/mol. The highest BCUT2D eigenvalue weighted by atomic mass is 32.1. The third kappa shape index (κ3) is 4.40. The van der Waals surface area contributed by atoms with Gasteiger partial charge in [-0.3, -0.25) is 19.8 Å². The molecule has 1 aliphatic rings. The second-order valence-electron chi connectivity index (χ2n) is 5.98. The van der Waals surface area contributed by atoms with Gasteiger partial charge in [0.2, 0.25) is 0 Å². The number of carbonyl (C=O) groups is 1. The van der Waals surface area contributed by atoms with Crippen LogP contribution in [0.1, 0.15) is 22.3 Å². The lowest BCUT2D eigenvalue weighted by Crippen LogP contribution is -2.35. The SMILES string of the molecule is O=C(c1cccc(F)c1)N1CCCN(Cc2csc([N+](=O)[O-])c2)CC1. The summed E-state index contributed by atoms with van der Waals surface area (Å²) in [5.41, 5.74) is 1.28. The first-order valence-corrected chi connectivity index (χ1v) is 8.90. The summed E-state index contributed by atoms with van der Waals surface area (Å²) in [4.78, 5) is 26.8. The molecule has 1 amide bonds. The lowest BCUT2D eigenvalue weighted by Gasteiger charge is -2.21. The molecule has 0 unspecified atom stereocenters. The Bertz CT molecular complexity index is 780. The van der Waals surface area contributed by atoms with Crippen LogP contribution in [0.5, 0.6) is 0 Å². The third-order valence-corrected chi connectivity index (χ3v) is 5.10. The van der Waals surface area contributed by atoms with E-state index in [9.17, 15) is 19.3 Å². The van der Waals surface area contributed by atoms with E-state index in [1.807, 2.05) is 0 Å². The molecular weight excluding hydrogens is 345 g/mol. The average molecular weight is 363 g/mol. The highest BCUT2D eigenvalue weighted by Crippen LogP contribution is 2.24. The molecule has 0 bridgehead atoms. The van der Waals surface area contributed by atoms with Crippen molar-refractivity contribution < 1.29 is 14.1 Å². The van der Waals surface area contributed by atoms with Crippen LogP contribution in [-0.2, 0) is 6.54 Å². The van der Waals surface area contributed by atoms with Gasteiger partial charge in [0, 0.05) is 49.7 Å². The Balaban J connectivity index is 1.60. The topological polar surface area (TPSA) is 66.7 Å². The van der Waals surface area contributed by atoms with Crippen molar-refractivity contribution in [2.45, 2.75) is 13.0 Å². The normalized spacial score (nSPS) is 15.8. The lowest BCUT2D eigenvalue weighted by molar-refractivity contribution is -0.380. The van der Waals surface area contributed by atoms with E-state index in [-0.39, 0.29) is 15.8 Å². The summed E-state index contributed by atoms with van der Waals surface area (Å²) >= 11 is 1.13. The summed E-state index contributed by atoms with van der Waals surface area (Å²) in [6.45, 7) is 3.31. The van der Waals surface area contributed by atoms with Crippen molar-refractivity contribution in [1.29, 1.82) is 0 Å². The summed E-state index contributed by atoms with van der Waals surface area (Å²) in [7, 11) is 0. The fraction of sp³-hybridized carbons (Fsp3) is 0.353. The van der Waals surface area contributed by atoms with Crippen molar-refractivity contribution in [3.63, 3.8) is 0 Å². The Kier molecular flexibility index (Phi) is 5.40. The predicted octanol–water partition coefficient (Wildman–Crippen LogP) is 3.14. The average Bonchev–Trinajstić information content (AvgIpc) is 2.93. The van der Waals surface area contributed by atoms with Crippen LogP contribution in [0.2, 0.25) is 0 Å². The lowest BCUT2D eigenvalue weighted by atomic mass is 10.2. The second kappa shape index (κ2) is 7.71. The molecule has 2 heterocycles. The van der Waals surface area contributed by atoms with Gasteiger partial charge in [-0.25, -0.2) is 4.39 Å². The van der Waals surface area contributed by atoms with Crippen molar-refractivity contribution >= 4 is 22.2 Å². The highest BCUT2D eigenvalue weighted by Gasteiger charge is 2.21. The van der Waals surface area contributed by atoms with Crippen LogP contribution in [0.3, 0.4) is 0 Å². The van der Waals surface area contributed by atoms with Crippen molar-refractivity contribution in [2.24, 2.45) is 0 Å². The molecule has 25 heavy (non-hydrogen) atoms. The Hall–Kier alpha value is -2.32. The number of benzene rings is 1. The standard InChI is InChI=1S/C17H18FN3O3S/c18-15-4-1-3-14(10-15)17(22)20-6-2-5-19(7-8-20)11-13-9-16(21(23)24)25-12-13/h1,3-4,9-10,12H,2,5-8,11H2. The van der Waals surface area contributed by atoms with Crippen molar-refractivity contribution in [2.75, 3.05) is 26.2 Å². The zero-order chi connectivity index (χ0) is 17.8. The van der Waals surface area contributed by atoms with E-state index < -0.39 is 5.82 Å². The molecule has 0 aliphatic carbocycles. The third-order valence-electron chi connectivity index (χ3n) is 4.17. The van der Waals surface area contributed by atoms with Crippen LogP contribution in [-0.4, -0.2) is 46.8 Å². The number of hydrogen-bond donors (Lipinski definition) is 0. The molecule has 8 heteroatoms. The Morgan fingerprint density at radius 3 is 2.80 bits per heavy atom. The fourth-order valence-corrected chi connectivity index (χ4v) is 3.66. The number of thiophene rings is 1. The van der Waals surface area contributed by atoms with Gasteiger partial charge in [0.05, 0.1) is 4.92 Å². The Labute approximate surface area is 148 Å². The van der Waals surface area contributed by atoms with E-state index in [1.165, 1.54) is 18.2 Å². The number of rotatable bonds is 4. The summed E-state index contributed by atoms with van der Waals surface area (Å²) in [5.74, 6) is -0.575. The molecule has 0 spiro atoms. The first-order chi connectivity index (χ1) is 12.0. The number of amides is 1. The van der Waals surface area contributed by atoms with Gasteiger partial charge in [-0.05, 0) is 30.2 Å². The Morgan fingerprint density at radius 1 is 1.24 bits per heavy atom. The number of nitro groups is 1. The van der Waals surface area contributed by atoms with Crippen molar-refractivity contribution in [3.8, 4) is 0 Å².